The van der Waals surface area contributed by atoms with Crippen LogP contribution in [0.25, 0.3) is 41.8 Å². The molecule has 0 aliphatic heterocycles. The minimum atomic E-state index is -0.785. The van der Waals surface area contributed by atoms with E-state index in [0.717, 1.165) is 19.3 Å². The molecule has 0 N–H and O–H groups in total. The van der Waals surface area contributed by atoms with Crippen LogP contribution in [-0.2, 0) is 19.1 Å². The average molecular weight is 436 g/mol. The summed E-state index contributed by atoms with van der Waals surface area (Å²) in [6.07, 6.45) is 2.23. The first kappa shape index (κ1) is 27.2. The van der Waals surface area contributed by atoms with Crippen LogP contribution in [0.3, 0.4) is 0 Å². The van der Waals surface area contributed by atoms with Gasteiger partial charge in [-0.15, -0.1) is 0 Å². The molecular formula is C15H24N12O4. The minimum absolute atomic E-state index is 0.107. The Bertz CT molecular complexity index is 647. The highest BCUT2D eigenvalue weighted by Crippen LogP contribution is 2.10. The maximum absolute atomic E-state index is 11.8. The summed E-state index contributed by atoms with van der Waals surface area (Å²) in [4.78, 5) is 33.9. The fourth-order valence-electron chi connectivity index (χ4n) is 2.33. The van der Waals surface area contributed by atoms with Crippen LogP contribution in [-0.4, -0.2) is 50.3 Å². The Morgan fingerprint density at radius 1 is 0.581 bits per heavy atom. The van der Waals surface area contributed by atoms with Gasteiger partial charge < -0.3 is 9.47 Å². The monoisotopic (exact) mass is 436 g/mol. The SMILES string of the molecule is [N-]=[N+]=NCC(CN=[N+]=[N-])OC(=O)CCCCCCCC(=O)OC(CN=[N+]=[N-])CN=[N+]=[N-]. The fraction of sp³-hybridized carbons (Fsp3) is 0.867. The van der Waals surface area contributed by atoms with E-state index in [9.17, 15) is 9.59 Å². The first-order valence-electron chi connectivity index (χ1n) is 9.49. The number of hydrogen-bond acceptors (Lipinski definition) is 8. The van der Waals surface area contributed by atoms with Crippen molar-refractivity contribution in [1.29, 1.82) is 0 Å². The van der Waals surface area contributed by atoms with Crippen molar-refractivity contribution >= 4 is 11.9 Å². The number of unbranched alkanes of at least 4 members (excludes halogenated alkanes) is 4. The molecule has 0 aromatic heterocycles. The third-order valence-corrected chi connectivity index (χ3v) is 3.75. The molecule has 0 radical (unpaired) electrons. The molecular weight excluding hydrogens is 412 g/mol. The van der Waals surface area contributed by atoms with Crippen LogP contribution in [0.5, 0.6) is 0 Å². The van der Waals surface area contributed by atoms with Gasteiger partial charge in [0, 0.05) is 32.5 Å². The van der Waals surface area contributed by atoms with Gasteiger partial charge in [0.15, 0.2) is 0 Å². The summed E-state index contributed by atoms with van der Waals surface area (Å²) in [6, 6.07) is 0. The lowest BCUT2D eigenvalue weighted by Gasteiger charge is -2.13. The lowest BCUT2D eigenvalue weighted by Crippen LogP contribution is -2.23. The van der Waals surface area contributed by atoms with Gasteiger partial charge in [-0.3, -0.25) is 9.59 Å². The maximum Gasteiger partial charge on any atom is 0.306 e. The molecule has 0 aliphatic rings. The number of nitrogens with zero attached hydrogens (tertiary/aromatic N) is 12. The van der Waals surface area contributed by atoms with Gasteiger partial charge in [0.25, 0.3) is 0 Å². The summed E-state index contributed by atoms with van der Waals surface area (Å²) in [5.74, 6) is -0.943. The quantitative estimate of drug-likeness (QED) is 0.0965. The second kappa shape index (κ2) is 19.5. The molecule has 0 rings (SSSR count). The Morgan fingerprint density at radius 2 is 0.871 bits per heavy atom. The lowest BCUT2D eigenvalue weighted by molar-refractivity contribution is -0.149. The summed E-state index contributed by atoms with van der Waals surface area (Å²) in [5, 5.41) is 13.2. The number of esters is 2. The molecule has 0 bridgehead atoms. The van der Waals surface area contributed by atoms with Crippen LogP contribution in [0, 0.1) is 0 Å². The summed E-state index contributed by atoms with van der Waals surface area (Å²) in [6.45, 7) is -0.429. The highest BCUT2D eigenvalue weighted by atomic mass is 16.5. The molecule has 0 aromatic rings. The molecule has 0 atom stereocenters. The number of ether oxygens (including phenoxy) is 2. The topological polar surface area (TPSA) is 248 Å². The van der Waals surface area contributed by atoms with Gasteiger partial charge in [-0.1, -0.05) is 39.7 Å². The van der Waals surface area contributed by atoms with Crippen molar-refractivity contribution in [2.75, 3.05) is 26.2 Å². The Kier molecular flexibility index (Phi) is 17.1. The van der Waals surface area contributed by atoms with Crippen LogP contribution < -0.4 is 0 Å². The van der Waals surface area contributed by atoms with Gasteiger partial charge in [-0.2, -0.15) is 0 Å². The van der Waals surface area contributed by atoms with Crippen molar-refractivity contribution in [1.82, 2.24) is 0 Å². The van der Waals surface area contributed by atoms with Gasteiger partial charge in [0.2, 0.25) is 0 Å². The number of hydrogen-bond donors (Lipinski definition) is 0. The Labute approximate surface area is 177 Å². The van der Waals surface area contributed by atoms with E-state index in [1.54, 1.807) is 0 Å². The molecule has 16 heteroatoms. The van der Waals surface area contributed by atoms with Gasteiger partial charge in [0.1, 0.15) is 12.2 Å². The zero-order chi connectivity index (χ0) is 23.2. The van der Waals surface area contributed by atoms with Crippen molar-refractivity contribution in [3.63, 3.8) is 0 Å². The summed E-state index contributed by atoms with van der Waals surface area (Å²) in [7, 11) is 0. The first-order chi connectivity index (χ1) is 15.1. The van der Waals surface area contributed by atoms with Crippen LogP contribution >= 0.6 is 0 Å². The molecule has 0 heterocycles. The van der Waals surface area contributed by atoms with E-state index in [1.807, 2.05) is 0 Å². The second-order valence-corrected chi connectivity index (χ2v) is 6.15. The van der Waals surface area contributed by atoms with Crippen molar-refractivity contribution < 1.29 is 19.1 Å². The third kappa shape index (κ3) is 16.8. The van der Waals surface area contributed by atoms with Crippen LogP contribution in [0.2, 0.25) is 0 Å². The van der Waals surface area contributed by atoms with Gasteiger partial charge in [-0.05, 0) is 35.0 Å². The normalized spacial score (nSPS) is 11.4. The van der Waals surface area contributed by atoms with E-state index in [1.165, 1.54) is 0 Å². The predicted octanol–water partition coefficient (Wildman–Crippen LogP) is 4.78. The summed E-state index contributed by atoms with van der Waals surface area (Å²) in [5.41, 5.74) is 33.3. The fourth-order valence-corrected chi connectivity index (χ4v) is 2.33. The second-order valence-electron chi connectivity index (χ2n) is 6.15. The smallest absolute Gasteiger partial charge is 0.306 e. The maximum atomic E-state index is 11.8. The Hall–Kier alpha value is -3.82. The molecule has 168 valence electrons. The Balaban J connectivity index is 3.99. The molecule has 0 saturated heterocycles. The molecule has 0 aromatic carbocycles. The molecule has 31 heavy (non-hydrogen) atoms. The van der Waals surface area contributed by atoms with Crippen molar-refractivity contribution in [2.24, 2.45) is 20.5 Å². The van der Waals surface area contributed by atoms with E-state index in [4.69, 9.17) is 31.6 Å². The number of azide groups is 4. The summed E-state index contributed by atoms with van der Waals surface area (Å²) < 4.78 is 10.2. The largest absolute Gasteiger partial charge is 0.462 e. The Morgan fingerprint density at radius 3 is 1.16 bits per heavy atom. The number of carbonyl (C=O) groups is 2. The van der Waals surface area contributed by atoms with Crippen LogP contribution in [0.4, 0.5) is 0 Å². The molecule has 0 saturated carbocycles. The highest BCUT2D eigenvalue weighted by Gasteiger charge is 2.14. The van der Waals surface area contributed by atoms with Gasteiger partial charge >= 0.3 is 11.9 Å². The average Bonchev–Trinajstić information content (AvgIpc) is 2.76. The zero-order valence-electron chi connectivity index (χ0n) is 16.9. The highest BCUT2D eigenvalue weighted by molar-refractivity contribution is 5.69. The van der Waals surface area contributed by atoms with Crippen molar-refractivity contribution in [3.05, 3.63) is 41.8 Å². The van der Waals surface area contributed by atoms with Crippen LogP contribution in [0.15, 0.2) is 20.5 Å². The molecule has 16 nitrogen and oxygen atoms in total. The number of rotatable bonds is 18. The minimum Gasteiger partial charge on any atom is -0.462 e. The predicted molar refractivity (Wildman–Crippen MR) is 108 cm³/mol. The molecule has 0 amide bonds. The third-order valence-electron chi connectivity index (χ3n) is 3.75. The van der Waals surface area contributed by atoms with E-state index in [2.05, 4.69) is 40.1 Å². The van der Waals surface area contributed by atoms with Gasteiger partial charge in [0.05, 0.1) is 26.2 Å². The molecule has 0 aliphatic carbocycles. The van der Waals surface area contributed by atoms with E-state index >= 15 is 0 Å². The molecule has 0 fully saturated rings. The van der Waals surface area contributed by atoms with Crippen molar-refractivity contribution in [2.45, 2.75) is 57.2 Å². The van der Waals surface area contributed by atoms with E-state index in [-0.39, 0.29) is 39.0 Å². The van der Waals surface area contributed by atoms with E-state index in [0.29, 0.717) is 12.8 Å². The molecule has 0 spiro atoms. The van der Waals surface area contributed by atoms with Crippen LogP contribution in [0.1, 0.15) is 44.9 Å². The lowest BCUT2D eigenvalue weighted by atomic mass is 10.1. The standard InChI is InChI=1S/C15H24N12O4/c16-24-20-8-12(9-21-25-17)30-14(28)6-4-2-1-3-5-7-15(29)31-13(10-22-26-18)11-23-27-19/h12-13H,1-11H2. The number of carbonyl (C=O) groups excluding carboxylic acids is 2. The van der Waals surface area contributed by atoms with Crippen molar-refractivity contribution in [3.8, 4) is 0 Å². The first-order valence-corrected chi connectivity index (χ1v) is 9.49. The van der Waals surface area contributed by atoms with E-state index < -0.39 is 24.1 Å². The summed E-state index contributed by atoms with van der Waals surface area (Å²) >= 11 is 0. The molecule has 0 unspecified atom stereocenters. The van der Waals surface area contributed by atoms with Gasteiger partial charge in [-0.25, -0.2) is 0 Å². The zero-order valence-corrected chi connectivity index (χ0v) is 16.9.